The largest absolute Gasteiger partial charge is 0.480 e. The lowest BCUT2D eigenvalue weighted by Crippen LogP contribution is -2.52. The Morgan fingerprint density at radius 3 is 2.29 bits per heavy atom. The van der Waals surface area contributed by atoms with Gasteiger partial charge < -0.3 is 15.7 Å². The van der Waals surface area contributed by atoms with Crippen LogP contribution in [0, 0.1) is 21.7 Å². The van der Waals surface area contributed by atoms with Crippen molar-refractivity contribution >= 4 is 23.5 Å². The molecule has 0 radical (unpaired) electrons. The second-order valence-corrected chi connectivity index (χ2v) is 6.70. The summed E-state index contributed by atoms with van der Waals surface area (Å²) in [7, 11) is 0. The summed E-state index contributed by atoms with van der Waals surface area (Å²) in [4.78, 5) is 45.7. The number of benzene rings is 2. The summed E-state index contributed by atoms with van der Waals surface area (Å²) in [6, 6.07) is 5.66. The molecule has 0 aliphatic heterocycles. The molecule has 0 bridgehead atoms. The summed E-state index contributed by atoms with van der Waals surface area (Å²) in [6.45, 7) is 1.15. The molecule has 0 spiro atoms. The van der Waals surface area contributed by atoms with Crippen LogP contribution in [-0.2, 0) is 27.2 Å². The molecule has 9 nitrogen and oxygen atoms in total. The SMILES string of the molecule is CC(=O)N[C@@H](Cc1ccccc1F)C(=O)N[C@H](Cc1ccc(F)c([N+](=O)[O-])c1)C(=O)O. The van der Waals surface area contributed by atoms with Crippen LogP contribution in [0.4, 0.5) is 14.5 Å². The highest BCUT2D eigenvalue weighted by Gasteiger charge is 2.28. The van der Waals surface area contributed by atoms with Crippen molar-refractivity contribution in [3.63, 3.8) is 0 Å². The molecule has 0 fully saturated rings. The van der Waals surface area contributed by atoms with Crippen molar-refractivity contribution < 1.29 is 33.2 Å². The van der Waals surface area contributed by atoms with E-state index in [2.05, 4.69) is 10.6 Å². The van der Waals surface area contributed by atoms with Crippen LogP contribution in [0.15, 0.2) is 42.5 Å². The summed E-state index contributed by atoms with van der Waals surface area (Å²) in [5, 5.41) is 24.9. The zero-order valence-corrected chi connectivity index (χ0v) is 16.3. The van der Waals surface area contributed by atoms with Crippen LogP contribution in [0.5, 0.6) is 0 Å². The fourth-order valence-electron chi connectivity index (χ4n) is 2.87. The molecule has 0 saturated heterocycles. The number of hydrogen-bond donors (Lipinski definition) is 3. The summed E-state index contributed by atoms with van der Waals surface area (Å²) in [5.41, 5.74) is -0.591. The van der Waals surface area contributed by atoms with Gasteiger partial charge in [0.2, 0.25) is 17.6 Å². The quantitative estimate of drug-likeness (QED) is 0.405. The van der Waals surface area contributed by atoms with Gasteiger partial charge in [-0.15, -0.1) is 0 Å². The Bertz CT molecular complexity index is 1010. The Balaban J connectivity index is 2.21. The third kappa shape index (κ3) is 6.56. The second-order valence-electron chi connectivity index (χ2n) is 6.70. The van der Waals surface area contributed by atoms with Crippen LogP contribution < -0.4 is 10.6 Å². The van der Waals surface area contributed by atoms with E-state index < -0.39 is 52.1 Å². The van der Waals surface area contributed by atoms with E-state index in [1.165, 1.54) is 18.2 Å². The van der Waals surface area contributed by atoms with Crippen molar-refractivity contribution in [3.05, 3.63) is 75.3 Å². The molecular weight excluding hydrogens is 416 g/mol. The smallest absolute Gasteiger partial charge is 0.326 e. The molecule has 0 aliphatic rings. The monoisotopic (exact) mass is 435 g/mol. The molecule has 0 unspecified atom stereocenters. The highest BCUT2D eigenvalue weighted by Crippen LogP contribution is 2.19. The summed E-state index contributed by atoms with van der Waals surface area (Å²) in [6.07, 6.45) is -0.610. The van der Waals surface area contributed by atoms with Crippen molar-refractivity contribution in [2.75, 3.05) is 0 Å². The second kappa shape index (κ2) is 10.2. The maximum Gasteiger partial charge on any atom is 0.326 e. The molecule has 0 saturated carbocycles. The fraction of sp³-hybridized carbons (Fsp3) is 0.250. The topological polar surface area (TPSA) is 139 Å². The van der Waals surface area contributed by atoms with Gasteiger partial charge in [0.15, 0.2) is 0 Å². The minimum Gasteiger partial charge on any atom is -0.480 e. The average molecular weight is 435 g/mol. The lowest BCUT2D eigenvalue weighted by atomic mass is 10.0. The van der Waals surface area contributed by atoms with E-state index in [1.807, 2.05) is 0 Å². The van der Waals surface area contributed by atoms with E-state index in [1.54, 1.807) is 6.07 Å². The van der Waals surface area contributed by atoms with Gasteiger partial charge in [-0.1, -0.05) is 24.3 Å². The van der Waals surface area contributed by atoms with Crippen molar-refractivity contribution in [1.82, 2.24) is 10.6 Å². The first-order chi connectivity index (χ1) is 14.6. The Hall–Kier alpha value is -3.89. The Labute approximate surface area is 175 Å². The number of carbonyl (C=O) groups is 3. The molecule has 31 heavy (non-hydrogen) atoms. The number of amides is 2. The number of nitro groups is 1. The van der Waals surface area contributed by atoms with Gasteiger partial charge in [-0.2, -0.15) is 4.39 Å². The first-order valence-electron chi connectivity index (χ1n) is 9.05. The van der Waals surface area contributed by atoms with Gasteiger partial charge in [-0.3, -0.25) is 19.7 Å². The van der Waals surface area contributed by atoms with E-state index in [4.69, 9.17) is 0 Å². The normalized spacial score (nSPS) is 12.5. The first kappa shape index (κ1) is 23.4. The highest BCUT2D eigenvalue weighted by molar-refractivity contribution is 5.90. The lowest BCUT2D eigenvalue weighted by Gasteiger charge is -2.21. The number of carbonyl (C=O) groups excluding carboxylic acids is 2. The minimum atomic E-state index is -1.53. The standard InChI is InChI=1S/C20H19F2N3O6/c1-11(26)23-16(10-13-4-2-3-5-14(13)21)19(27)24-17(20(28)29)8-12-6-7-15(22)18(9-12)25(30)31/h2-7,9,16-17H,8,10H2,1H3,(H,23,26)(H,24,27)(H,28,29)/t16-,17+/m0/s1. The van der Waals surface area contributed by atoms with E-state index in [-0.39, 0.29) is 24.0 Å². The molecule has 0 aromatic heterocycles. The van der Waals surface area contributed by atoms with Crippen LogP contribution in [0.25, 0.3) is 0 Å². The Morgan fingerprint density at radius 1 is 1.03 bits per heavy atom. The van der Waals surface area contributed by atoms with Crippen LogP contribution in [0.2, 0.25) is 0 Å². The predicted molar refractivity (Wildman–Crippen MR) is 104 cm³/mol. The minimum absolute atomic E-state index is 0.103. The summed E-state index contributed by atoms with van der Waals surface area (Å²) < 4.78 is 27.4. The number of carboxylic acids is 1. The Kier molecular flexibility index (Phi) is 7.72. The molecular formula is C20H19F2N3O6. The first-order valence-corrected chi connectivity index (χ1v) is 9.05. The van der Waals surface area contributed by atoms with E-state index in [0.29, 0.717) is 0 Å². The van der Waals surface area contributed by atoms with Crippen LogP contribution in [-0.4, -0.2) is 39.9 Å². The maximum atomic E-state index is 13.9. The van der Waals surface area contributed by atoms with E-state index in [0.717, 1.165) is 25.1 Å². The molecule has 2 aromatic rings. The van der Waals surface area contributed by atoms with Gasteiger partial charge in [0, 0.05) is 25.8 Å². The third-order valence-corrected chi connectivity index (χ3v) is 4.34. The molecule has 3 N–H and O–H groups in total. The van der Waals surface area contributed by atoms with Crippen LogP contribution in [0.1, 0.15) is 18.1 Å². The third-order valence-electron chi connectivity index (χ3n) is 4.34. The van der Waals surface area contributed by atoms with Gasteiger partial charge in [0.1, 0.15) is 17.9 Å². The zero-order valence-electron chi connectivity index (χ0n) is 16.3. The van der Waals surface area contributed by atoms with Crippen molar-refractivity contribution in [2.24, 2.45) is 0 Å². The lowest BCUT2D eigenvalue weighted by molar-refractivity contribution is -0.387. The van der Waals surface area contributed by atoms with E-state index in [9.17, 15) is 38.4 Å². The molecule has 0 heterocycles. The predicted octanol–water partition coefficient (Wildman–Crippen LogP) is 1.73. The summed E-state index contributed by atoms with van der Waals surface area (Å²) in [5.74, 6) is -4.60. The number of aliphatic carboxylic acids is 1. The molecule has 164 valence electrons. The average Bonchev–Trinajstić information content (AvgIpc) is 2.69. The van der Waals surface area contributed by atoms with Gasteiger partial charge in [-0.05, 0) is 23.3 Å². The number of nitrogens with one attached hydrogen (secondary N) is 2. The summed E-state index contributed by atoms with van der Waals surface area (Å²) >= 11 is 0. The van der Waals surface area contributed by atoms with Crippen molar-refractivity contribution in [3.8, 4) is 0 Å². The zero-order chi connectivity index (χ0) is 23.1. The van der Waals surface area contributed by atoms with Crippen molar-refractivity contribution in [2.45, 2.75) is 31.8 Å². The van der Waals surface area contributed by atoms with Gasteiger partial charge >= 0.3 is 11.7 Å². The maximum absolute atomic E-state index is 13.9. The number of hydrogen-bond acceptors (Lipinski definition) is 5. The van der Waals surface area contributed by atoms with Crippen LogP contribution in [0.3, 0.4) is 0 Å². The number of rotatable bonds is 9. The highest BCUT2D eigenvalue weighted by atomic mass is 19.1. The number of carboxylic acid groups (broad SMARTS) is 1. The molecule has 2 amide bonds. The number of halogens is 2. The van der Waals surface area contributed by atoms with Gasteiger partial charge in [-0.25, -0.2) is 9.18 Å². The van der Waals surface area contributed by atoms with Crippen LogP contribution >= 0.6 is 0 Å². The van der Waals surface area contributed by atoms with Crippen molar-refractivity contribution in [1.29, 1.82) is 0 Å². The Morgan fingerprint density at radius 2 is 1.71 bits per heavy atom. The fourth-order valence-corrected chi connectivity index (χ4v) is 2.87. The molecule has 2 aromatic carbocycles. The number of nitrogens with zero attached hydrogens (tertiary/aromatic N) is 1. The molecule has 0 aliphatic carbocycles. The molecule has 11 heteroatoms. The number of nitro benzene ring substituents is 1. The molecule has 2 atom stereocenters. The molecule has 2 rings (SSSR count). The van der Waals surface area contributed by atoms with E-state index >= 15 is 0 Å². The van der Waals surface area contributed by atoms with Gasteiger partial charge in [0.25, 0.3) is 0 Å². The van der Waals surface area contributed by atoms with Gasteiger partial charge in [0.05, 0.1) is 4.92 Å².